The Morgan fingerprint density at radius 3 is 3.11 bits per heavy atom. The fourth-order valence-corrected chi connectivity index (χ4v) is 2.45. The van der Waals surface area contributed by atoms with E-state index >= 15 is 0 Å². The number of H-pyrrole nitrogens is 1. The maximum Gasteiger partial charge on any atom is 0.349 e. The van der Waals surface area contributed by atoms with Crippen LogP contribution in [-0.2, 0) is 4.74 Å². The van der Waals surface area contributed by atoms with Gasteiger partial charge in [-0.1, -0.05) is 0 Å². The Hall–Kier alpha value is -1.89. The molecule has 7 heteroatoms. The summed E-state index contributed by atoms with van der Waals surface area (Å²) in [5, 5.41) is 9.80. The first-order chi connectivity index (χ1) is 8.99. The molecule has 0 spiro atoms. The van der Waals surface area contributed by atoms with Crippen LogP contribution in [0.15, 0.2) is 10.9 Å². The highest BCUT2D eigenvalue weighted by Gasteiger charge is 2.37. The largest absolute Gasteiger partial charge is 0.376 e. The number of aromatic nitrogens is 4. The van der Waals surface area contributed by atoms with Crippen LogP contribution in [0.5, 0.6) is 0 Å². The fraction of sp³-hybridized carbons (Fsp3) is 0.583. The molecule has 2 aromatic heterocycles. The summed E-state index contributed by atoms with van der Waals surface area (Å²) in [5.74, 6) is 1.32. The lowest BCUT2D eigenvalue weighted by atomic mass is 9.95. The summed E-state index contributed by atoms with van der Waals surface area (Å²) in [7, 11) is 0. The van der Waals surface area contributed by atoms with E-state index in [9.17, 15) is 4.79 Å². The van der Waals surface area contributed by atoms with E-state index in [-0.39, 0.29) is 17.3 Å². The minimum absolute atomic E-state index is 0.118. The number of ether oxygens (including phenoxy) is 1. The molecule has 3 heterocycles. The van der Waals surface area contributed by atoms with Crippen molar-refractivity contribution in [2.24, 2.45) is 0 Å². The second-order valence-electron chi connectivity index (χ2n) is 5.22. The van der Waals surface area contributed by atoms with Gasteiger partial charge in [-0.2, -0.15) is 5.10 Å². The number of hydrogen-bond donors (Lipinski definition) is 2. The van der Waals surface area contributed by atoms with Crippen molar-refractivity contribution < 1.29 is 4.74 Å². The summed E-state index contributed by atoms with van der Waals surface area (Å²) in [6.45, 7) is 6.69. The van der Waals surface area contributed by atoms with Gasteiger partial charge in [-0.15, -0.1) is 0 Å². The summed E-state index contributed by atoms with van der Waals surface area (Å²) in [5.41, 5.74) is 0.152. The van der Waals surface area contributed by atoms with Gasteiger partial charge in [0.05, 0.1) is 11.6 Å². The first-order valence-electron chi connectivity index (χ1n) is 6.34. The third kappa shape index (κ3) is 1.90. The third-order valence-electron chi connectivity index (χ3n) is 3.87. The van der Waals surface area contributed by atoms with Crippen LogP contribution in [0.1, 0.15) is 26.1 Å². The highest BCUT2D eigenvalue weighted by Crippen LogP contribution is 2.29. The number of nitrogens with zero attached hydrogens (tertiary/aromatic N) is 3. The van der Waals surface area contributed by atoms with Crippen LogP contribution in [0.4, 0.5) is 5.82 Å². The molecule has 0 radical (unpaired) electrons. The SMILES string of the molecule is Cc1nc(NC2(C)CCOC2C)cc2n[nH]c(=O)n12. The molecule has 2 aromatic rings. The smallest absolute Gasteiger partial charge is 0.349 e. The van der Waals surface area contributed by atoms with Crippen LogP contribution in [0, 0.1) is 6.92 Å². The first kappa shape index (κ1) is 12.2. The van der Waals surface area contributed by atoms with Crippen LogP contribution >= 0.6 is 0 Å². The van der Waals surface area contributed by atoms with Crippen LogP contribution in [0.3, 0.4) is 0 Å². The minimum Gasteiger partial charge on any atom is -0.376 e. The molecule has 7 nitrogen and oxygen atoms in total. The first-order valence-corrected chi connectivity index (χ1v) is 6.34. The van der Waals surface area contributed by atoms with Gasteiger partial charge < -0.3 is 10.1 Å². The van der Waals surface area contributed by atoms with E-state index in [1.807, 2.05) is 6.92 Å². The molecule has 102 valence electrons. The zero-order valence-corrected chi connectivity index (χ0v) is 11.2. The zero-order valence-electron chi connectivity index (χ0n) is 11.2. The van der Waals surface area contributed by atoms with E-state index in [0.717, 1.165) is 13.0 Å². The Morgan fingerprint density at radius 2 is 2.42 bits per heavy atom. The Morgan fingerprint density at radius 1 is 1.63 bits per heavy atom. The van der Waals surface area contributed by atoms with Crippen LogP contribution in [-0.4, -0.2) is 37.8 Å². The van der Waals surface area contributed by atoms with Gasteiger partial charge >= 0.3 is 5.69 Å². The Bertz CT molecular complexity index is 676. The number of aromatic amines is 1. The predicted octanol–water partition coefficient (Wildman–Crippen LogP) is 0.705. The van der Waals surface area contributed by atoms with Gasteiger partial charge in [0.25, 0.3) is 0 Å². The zero-order chi connectivity index (χ0) is 13.6. The Kier molecular flexibility index (Phi) is 2.60. The monoisotopic (exact) mass is 263 g/mol. The molecule has 2 atom stereocenters. The van der Waals surface area contributed by atoms with E-state index in [1.54, 1.807) is 13.0 Å². The molecule has 1 fully saturated rings. The van der Waals surface area contributed by atoms with Crippen molar-refractivity contribution in [1.29, 1.82) is 0 Å². The Labute approximate surface area is 110 Å². The number of fused-ring (bicyclic) bond motifs is 1. The average molecular weight is 263 g/mol. The molecule has 2 N–H and O–H groups in total. The number of aryl methyl sites for hydroxylation is 1. The molecular formula is C12H17N5O2. The van der Waals surface area contributed by atoms with Crippen LogP contribution < -0.4 is 11.0 Å². The normalized spacial score (nSPS) is 27.0. The summed E-state index contributed by atoms with van der Waals surface area (Å²) in [4.78, 5) is 15.9. The van der Waals surface area contributed by atoms with E-state index in [0.29, 0.717) is 17.3 Å². The lowest BCUT2D eigenvalue weighted by molar-refractivity contribution is 0.105. The number of hydrogen-bond acceptors (Lipinski definition) is 5. The van der Waals surface area contributed by atoms with Crippen molar-refractivity contribution in [3.8, 4) is 0 Å². The molecule has 0 amide bonds. The van der Waals surface area contributed by atoms with Crippen molar-refractivity contribution in [1.82, 2.24) is 19.6 Å². The van der Waals surface area contributed by atoms with Crippen molar-refractivity contribution in [3.05, 3.63) is 22.4 Å². The van der Waals surface area contributed by atoms with E-state index in [4.69, 9.17) is 4.74 Å². The summed E-state index contributed by atoms with van der Waals surface area (Å²) < 4.78 is 7.04. The van der Waals surface area contributed by atoms with Gasteiger partial charge in [-0.3, -0.25) is 0 Å². The second-order valence-corrected chi connectivity index (χ2v) is 5.22. The molecule has 1 saturated heterocycles. The minimum atomic E-state index is -0.268. The highest BCUT2D eigenvalue weighted by atomic mass is 16.5. The molecule has 19 heavy (non-hydrogen) atoms. The quantitative estimate of drug-likeness (QED) is 0.833. The number of rotatable bonds is 2. The van der Waals surface area contributed by atoms with Gasteiger partial charge in [0, 0.05) is 12.7 Å². The third-order valence-corrected chi connectivity index (χ3v) is 3.87. The standard InChI is InChI=1S/C12H17N5O2/c1-7-12(3,4-5-19-7)14-9-6-10-15-16-11(18)17(10)8(2)13-9/h6-7,14H,4-5H2,1-3H3,(H,16,18). The maximum atomic E-state index is 11.5. The number of nitrogens with one attached hydrogen (secondary N) is 2. The van der Waals surface area contributed by atoms with Crippen molar-refractivity contribution in [2.75, 3.05) is 11.9 Å². The predicted molar refractivity (Wildman–Crippen MR) is 70.4 cm³/mol. The molecule has 1 aliphatic heterocycles. The summed E-state index contributed by atoms with van der Waals surface area (Å²) in [6.07, 6.45) is 1.04. The van der Waals surface area contributed by atoms with Crippen LogP contribution in [0.25, 0.3) is 5.65 Å². The lowest BCUT2D eigenvalue weighted by Crippen LogP contribution is -2.41. The van der Waals surface area contributed by atoms with Crippen molar-refractivity contribution in [2.45, 2.75) is 38.8 Å². The topological polar surface area (TPSA) is 84.3 Å². The molecule has 0 saturated carbocycles. The molecule has 0 aliphatic carbocycles. The van der Waals surface area contributed by atoms with Gasteiger partial charge in [0.2, 0.25) is 0 Å². The van der Waals surface area contributed by atoms with Crippen molar-refractivity contribution >= 4 is 11.5 Å². The molecular weight excluding hydrogens is 246 g/mol. The van der Waals surface area contributed by atoms with Gasteiger partial charge in [-0.05, 0) is 27.2 Å². The van der Waals surface area contributed by atoms with Gasteiger partial charge in [-0.25, -0.2) is 19.3 Å². The Balaban J connectivity index is 2.00. The van der Waals surface area contributed by atoms with E-state index in [1.165, 1.54) is 4.40 Å². The summed E-state index contributed by atoms with van der Waals surface area (Å²) in [6, 6.07) is 1.77. The lowest BCUT2D eigenvalue weighted by Gasteiger charge is -2.29. The van der Waals surface area contributed by atoms with E-state index < -0.39 is 0 Å². The van der Waals surface area contributed by atoms with Crippen molar-refractivity contribution in [3.63, 3.8) is 0 Å². The maximum absolute atomic E-state index is 11.5. The van der Waals surface area contributed by atoms with E-state index in [2.05, 4.69) is 27.4 Å². The highest BCUT2D eigenvalue weighted by molar-refractivity contribution is 5.51. The van der Waals surface area contributed by atoms with Gasteiger partial charge in [0.1, 0.15) is 11.6 Å². The molecule has 0 aromatic carbocycles. The fourth-order valence-electron chi connectivity index (χ4n) is 2.45. The van der Waals surface area contributed by atoms with Crippen LogP contribution in [0.2, 0.25) is 0 Å². The summed E-state index contributed by atoms with van der Waals surface area (Å²) >= 11 is 0. The second kappa shape index (κ2) is 4.06. The molecule has 0 bridgehead atoms. The molecule has 3 rings (SSSR count). The average Bonchev–Trinajstić information content (AvgIpc) is 2.85. The molecule has 1 aliphatic rings. The number of anilines is 1. The van der Waals surface area contributed by atoms with Gasteiger partial charge in [0.15, 0.2) is 5.65 Å². The molecule has 2 unspecified atom stereocenters.